The van der Waals surface area contributed by atoms with Crippen LogP contribution in [0.5, 0.6) is 5.75 Å². The molecule has 0 amide bonds. The average molecular weight is 325 g/mol. The van der Waals surface area contributed by atoms with Crippen LogP contribution >= 0.6 is 11.8 Å². The minimum absolute atomic E-state index is 0.458. The summed E-state index contributed by atoms with van der Waals surface area (Å²) in [6.07, 6.45) is 3.52. The van der Waals surface area contributed by atoms with Gasteiger partial charge in [0.25, 0.3) is 6.20 Å². The number of rotatable bonds is 9. The lowest BCUT2D eigenvalue weighted by Crippen LogP contribution is -2.16. The Bertz CT molecular complexity index is 547. The molecular formula is C15H23N3O3S. The summed E-state index contributed by atoms with van der Waals surface area (Å²) in [6.45, 7) is 5.67. The maximum absolute atomic E-state index is 10.4. The lowest BCUT2D eigenvalue weighted by Gasteiger charge is -2.15. The minimum Gasteiger partial charge on any atom is -0.493 e. The molecule has 0 aliphatic rings. The number of nitrogens with zero attached hydrogens (tertiary/aromatic N) is 1. The zero-order valence-corrected chi connectivity index (χ0v) is 14.0. The van der Waals surface area contributed by atoms with Gasteiger partial charge in [0.2, 0.25) is 0 Å². The van der Waals surface area contributed by atoms with E-state index in [1.807, 2.05) is 26.0 Å². The molecule has 1 rings (SSSR count). The quantitative estimate of drug-likeness (QED) is 0.412. The fourth-order valence-electron chi connectivity index (χ4n) is 2.04. The number of hydrogen-bond acceptors (Lipinski definition) is 6. The Kier molecular flexibility index (Phi) is 7.76. The Morgan fingerprint density at radius 3 is 2.82 bits per heavy atom. The van der Waals surface area contributed by atoms with E-state index in [1.54, 1.807) is 6.26 Å². The van der Waals surface area contributed by atoms with Gasteiger partial charge in [0.15, 0.2) is 0 Å². The molecule has 1 aromatic rings. The first-order valence-electron chi connectivity index (χ1n) is 7.04. The van der Waals surface area contributed by atoms with Gasteiger partial charge in [0, 0.05) is 13.1 Å². The summed E-state index contributed by atoms with van der Waals surface area (Å²) in [4.78, 5) is 9.96. The molecule has 0 aliphatic heterocycles. The molecule has 0 fully saturated rings. The van der Waals surface area contributed by atoms with Crippen LogP contribution in [-0.2, 0) is 6.54 Å². The van der Waals surface area contributed by atoms with E-state index in [0.29, 0.717) is 24.7 Å². The third-order valence-corrected chi connectivity index (χ3v) is 3.93. The van der Waals surface area contributed by atoms with Gasteiger partial charge in [-0.25, -0.2) is 0 Å². The number of aryl methyl sites for hydroxylation is 1. The highest BCUT2D eigenvalue weighted by Crippen LogP contribution is 2.26. The summed E-state index contributed by atoms with van der Waals surface area (Å²) in [5.41, 5.74) is 8.95. The van der Waals surface area contributed by atoms with Crippen LogP contribution in [0.3, 0.4) is 0 Å². The normalized spacial score (nSPS) is 11.4. The van der Waals surface area contributed by atoms with Crippen LogP contribution < -0.4 is 15.8 Å². The molecule has 0 aliphatic carbocycles. The standard InChI is InChI=1S/C15H23N3O3S/c1-11-5-6-13(9-16)12(2)15(11)21-8-4-7-17-14(22-3)10-18(19)20/h5-6,10,17H,4,7-9,16H2,1-3H3. The van der Waals surface area contributed by atoms with Crippen LogP contribution in [0.15, 0.2) is 23.4 Å². The van der Waals surface area contributed by atoms with Gasteiger partial charge in [-0.2, -0.15) is 0 Å². The third kappa shape index (κ3) is 5.57. The number of benzene rings is 1. The van der Waals surface area contributed by atoms with Crippen molar-refractivity contribution in [1.29, 1.82) is 0 Å². The van der Waals surface area contributed by atoms with Gasteiger partial charge in [-0.3, -0.25) is 10.1 Å². The maximum atomic E-state index is 10.4. The first-order chi connectivity index (χ1) is 10.5. The Morgan fingerprint density at radius 2 is 2.23 bits per heavy atom. The molecule has 7 heteroatoms. The van der Waals surface area contributed by atoms with Gasteiger partial charge < -0.3 is 15.8 Å². The van der Waals surface area contributed by atoms with E-state index < -0.39 is 4.92 Å². The second kappa shape index (κ2) is 9.32. The van der Waals surface area contributed by atoms with Crippen molar-refractivity contribution in [3.05, 3.63) is 50.2 Å². The Labute approximate surface area is 135 Å². The Balaban J connectivity index is 2.47. The van der Waals surface area contributed by atoms with Crippen molar-refractivity contribution in [1.82, 2.24) is 5.32 Å². The van der Waals surface area contributed by atoms with Crippen LogP contribution in [0, 0.1) is 24.0 Å². The molecule has 0 spiro atoms. The van der Waals surface area contributed by atoms with Crippen molar-refractivity contribution in [3.8, 4) is 5.75 Å². The average Bonchev–Trinajstić information content (AvgIpc) is 2.48. The zero-order valence-electron chi connectivity index (χ0n) is 13.2. The van der Waals surface area contributed by atoms with Crippen LogP contribution in [0.2, 0.25) is 0 Å². The largest absolute Gasteiger partial charge is 0.493 e. The number of nitro groups is 1. The van der Waals surface area contributed by atoms with Crippen molar-refractivity contribution in [3.63, 3.8) is 0 Å². The number of nitrogens with two attached hydrogens (primary N) is 1. The van der Waals surface area contributed by atoms with E-state index in [0.717, 1.165) is 35.1 Å². The Morgan fingerprint density at radius 1 is 1.50 bits per heavy atom. The highest BCUT2D eigenvalue weighted by atomic mass is 32.2. The first kappa shape index (κ1) is 18.3. The summed E-state index contributed by atoms with van der Waals surface area (Å²) in [5, 5.41) is 14.0. The van der Waals surface area contributed by atoms with E-state index in [1.165, 1.54) is 11.8 Å². The van der Waals surface area contributed by atoms with Crippen molar-refractivity contribution in [2.24, 2.45) is 5.73 Å². The van der Waals surface area contributed by atoms with Crippen LogP contribution in [-0.4, -0.2) is 24.3 Å². The second-order valence-corrected chi connectivity index (χ2v) is 5.66. The Hall–Kier alpha value is -1.73. The minimum atomic E-state index is -0.458. The summed E-state index contributed by atoms with van der Waals surface area (Å²) in [6, 6.07) is 4.03. The van der Waals surface area contributed by atoms with Gasteiger partial charge in [-0.05, 0) is 43.2 Å². The van der Waals surface area contributed by atoms with Gasteiger partial charge in [-0.15, -0.1) is 11.8 Å². The summed E-state index contributed by atoms with van der Waals surface area (Å²) in [5.74, 6) is 0.883. The fraction of sp³-hybridized carbons (Fsp3) is 0.467. The van der Waals surface area contributed by atoms with Gasteiger partial charge >= 0.3 is 0 Å². The van der Waals surface area contributed by atoms with Crippen LogP contribution in [0.4, 0.5) is 0 Å². The summed E-state index contributed by atoms with van der Waals surface area (Å²) < 4.78 is 5.85. The number of nitrogens with one attached hydrogen (secondary N) is 1. The lowest BCUT2D eigenvalue weighted by atomic mass is 10.0. The molecule has 122 valence electrons. The van der Waals surface area contributed by atoms with Crippen LogP contribution in [0.1, 0.15) is 23.1 Å². The number of hydrogen-bond donors (Lipinski definition) is 2. The molecule has 0 aromatic heterocycles. The fourth-order valence-corrected chi connectivity index (χ4v) is 2.47. The van der Waals surface area contributed by atoms with E-state index in [-0.39, 0.29) is 0 Å². The molecule has 6 nitrogen and oxygen atoms in total. The molecule has 0 saturated heterocycles. The molecule has 1 aromatic carbocycles. The number of ether oxygens (including phenoxy) is 1. The van der Waals surface area contributed by atoms with E-state index in [9.17, 15) is 10.1 Å². The smallest absolute Gasteiger partial charge is 0.263 e. The summed E-state index contributed by atoms with van der Waals surface area (Å²) in [7, 11) is 0. The van der Waals surface area contributed by atoms with Crippen molar-refractivity contribution < 1.29 is 9.66 Å². The molecule has 3 N–H and O–H groups in total. The zero-order chi connectivity index (χ0) is 16.5. The van der Waals surface area contributed by atoms with Crippen molar-refractivity contribution in [2.45, 2.75) is 26.8 Å². The molecule has 0 heterocycles. The molecule has 22 heavy (non-hydrogen) atoms. The van der Waals surface area contributed by atoms with Crippen LogP contribution in [0.25, 0.3) is 0 Å². The van der Waals surface area contributed by atoms with Gasteiger partial charge in [0.05, 0.1) is 11.5 Å². The van der Waals surface area contributed by atoms with E-state index in [2.05, 4.69) is 5.32 Å². The highest BCUT2D eigenvalue weighted by molar-refractivity contribution is 8.02. The van der Waals surface area contributed by atoms with Gasteiger partial charge in [0.1, 0.15) is 10.8 Å². The van der Waals surface area contributed by atoms with E-state index in [4.69, 9.17) is 10.5 Å². The summed E-state index contributed by atoms with van der Waals surface area (Å²) >= 11 is 1.32. The first-order valence-corrected chi connectivity index (χ1v) is 8.27. The lowest BCUT2D eigenvalue weighted by molar-refractivity contribution is -0.403. The molecule has 0 saturated carbocycles. The highest BCUT2D eigenvalue weighted by Gasteiger charge is 2.08. The maximum Gasteiger partial charge on any atom is 0.263 e. The predicted octanol–water partition coefficient (Wildman–Crippen LogP) is 2.56. The molecular weight excluding hydrogens is 302 g/mol. The third-order valence-electron chi connectivity index (χ3n) is 3.24. The predicted molar refractivity (Wildman–Crippen MR) is 90.5 cm³/mol. The van der Waals surface area contributed by atoms with Crippen molar-refractivity contribution >= 4 is 11.8 Å². The van der Waals surface area contributed by atoms with Gasteiger partial charge in [-0.1, -0.05) is 12.1 Å². The number of thioether (sulfide) groups is 1. The van der Waals surface area contributed by atoms with Crippen molar-refractivity contribution in [2.75, 3.05) is 19.4 Å². The SMILES string of the molecule is CSC(=C[N+](=O)[O-])NCCCOc1c(C)ccc(CN)c1C. The molecule has 0 bridgehead atoms. The second-order valence-electron chi connectivity index (χ2n) is 4.81. The van der Waals surface area contributed by atoms with E-state index >= 15 is 0 Å². The molecule has 0 radical (unpaired) electrons. The topological polar surface area (TPSA) is 90.4 Å². The molecule has 0 unspecified atom stereocenters. The molecule has 0 atom stereocenters. The monoisotopic (exact) mass is 325 g/mol.